The molecule has 0 saturated heterocycles. The maximum absolute atomic E-state index is 10.4. The van der Waals surface area contributed by atoms with Gasteiger partial charge in [-0.25, -0.2) is 4.79 Å². The SMILES string of the molecule is O=C(O)c1ccc([B]B(O)O)cc1. The number of benzene rings is 1. The van der Waals surface area contributed by atoms with Gasteiger partial charge in [0.15, 0.2) is 7.17 Å². The minimum atomic E-state index is -1.52. The highest BCUT2D eigenvalue weighted by molar-refractivity contribution is 7.10. The predicted molar refractivity (Wildman–Crippen MR) is 49.0 cm³/mol. The van der Waals surface area contributed by atoms with Crippen LogP contribution >= 0.6 is 0 Å². The smallest absolute Gasteiger partial charge is 0.399 e. The van der Waals surface area contributed by atoms with Crippen molar-refractivity contribution >= 4 is 25.6 Å². The fourth-order valence-corrected chi connectivity index (χ4v) is 0.909. The molecule has 6 heteroatoms. The number of hydrogen-bond acceptors (Lipinski definition) is 3. The van der Waals surface area contributed by atoms with Gasteiger partial charge in [-0.3, -0.25) is 0 Å². The molecule has 0 amide bonds. The molecule has 1 rings (SSSR count). The van der Waals surface area contributed by atoms with Crippen molar-refractivity contribution in [3.8, 4) is 0 Å². The largest absolute Gasteiger partial charge is 0.478 e. The highest BCUT2D eigenvalue weighted by Gasteiger charge is 2.10. The second-order valence-electron chi connectivity index (χ2n) is 2.51. The molecule has 1 aromatic carbocycles. The Kier molecular flexibility index (Phi) is 3.11. The van der Waals surface area contributed by atoms with E-state index in [2.05, 4.69) is 0 Å². The summed E-state index contributed by atoms with van der Waals surface area (Å²) in [5, 5.41) is 25.7. The summed E-state index contributed by atoms with van der Waals surface area (Å²) in [7, 11) is -0.318. The quantitative estimate of drug-likeness (QED) is 0.500. The zero-order chi connectivity index (χ0) is 9.84. The van der Waals surface area contributed by atoms with Gasteiger partial charge in [-0.1, -0.05) is 17.6 Å². The highest BCUT2D eigenvalue weighted by Crippen LogP contribution is 1.95. The fourth-order valence-electron chi connectivity index (χ4n) is 0.909. The van der Waals surface area contributed by atoms with Crippen LogP contribution in [0, 0.1) is 0 Å². The van der Waals surface area contributed by atoms with Gasteiger partial charge < -0.3 is 15.2 Å². The Hall–Kier alpha value is -1.26. The van der Waals surface area contributed by atoms with Crippen molar-refractivity contribution in [3.05, 3.63) is 29.8 Å². The second kappa shape index (κ2) is 4.11. The third-order valence-corrected chi connectivity index (χ3v) is 1.50. The van der Waals surface area contributed by atoms with Crippen molar-refractivity contribution in [1.82, 2.24) is 0 Å². The Labute approximate surface area is 76.2 Å². The molecule has 0 bridgehead atoms. The average molecular weight is 177 g/mol. The Morgan fingerprint density at radius 1 is 1.23 bits per heavy atom. The average Bonchev–Trinajstić information content (AvgIpc) is 2.04. The molecular formula is C7H7B2O4. The van der Waals surface area contributed by atoms with Crippen molar-refractivity contribution < 1.29 is 19.9 Å². The van der Waals surface area contributed by atoms with Crippen LogP contribution in [0.15, 0.2) is 24.3 Å². The molecule has 0 heterocycles. The number of carbonyl (C=O) groups is 1. The van der Waals surface area contributed by atoms with Gasteiger partial charge in [0.25, 0.3) is 0 Å². The number of aromatic carboxylic acids is 1. The molecule has 3 N–H and O–H groups in total. The van der Waals surface area contributed by atoms with Gasteiger partial charge in [0, 0.05) is 0 Å². The van der Waals surface area contributed by atoms with Gasteiger partial charge in [-0.2, -0.15) is 0 Å². The van der Waals surface area contributed by atoms with Gasteiger partial charge in [0.1, 0.15) is 0 Å². The summed E-state index contributed by atoms with van der Waals surface area (Å²) in [4.78, 5) is 10.4. The van der Waals surface area contributed by atoms with Gasteiger partial charge in [0.2, 0.25) is 0 Å². The van der Waals surface area contributed by atoms with Crippen molar-refractivity contribution in [2.45, 2.75) is 0 Å². The molecule has 0 aliphatic carbocycles. The Morgan fingerprint density at radius 3 is 2.15 bits per heavy atom. The first-order chi connectivity index (χ1) is 6.09. The van der Waals surface area contributed by atoms with E-state index in [4.69, 9.17) is 15.2 Å². The van der Waals surface area contributed by atoms with Crippen LogP contribution in [-0.2, 0) is 0 Å². The van der Waals surface area contributed by atoms with E-state index in [1.165, 1.54) is 31.4 Å². The number of carboxylic acid groups (broad SMARTS) is 1. The Balaban J connectivity index is 2.75. The third-order valence-electron chi connectivity index (χ3n) is 1.50. The molecular weight excluding hydrogens is 170 g/mol. The molecule has 65 valence electrons. The maximum Gasteiger partial charge on any atom is 0.399 e. The zero-order valence-corrected chi connectivity index (χ0v) is 6.71. The van der Waals surface area contributed by atoms with Gasteiger partial charge >= 0.3 is 13.0 Å². The summed E-state index contributed by atoms with van der Waals surface area (Å²) in [5.41, 5.74) is 0.740. The number of rotatable bonds is 3. The topological polar surface area (TPSA) is 77.8 Å². The maximum atomic E-state index is 10.4. The standard InChI is InChI=1S/C7H7B2O4/c10-7(11)5-1-3-6(4-2-5)8-9(12)13/h1-4,12-13H,(H,10,11). The van der Waals surface area contributed by atoms with Crippen LogP contribution < -0.4 is 5.46 Å². The zero-order valence-electron chi connectivity index (χ0n) is 6.71. The van der Waals surface area contributed by atoms with Crippen LogP contribution in [0.5, 0.6) is 0 Å². The van der Waals surface area contributed by atoms with Gasteiger partial charge in [-0.15, -0.1) is 0 Å². The molecule has 0 aliphatic rings. The predicted octanol–water partition coefficient (Wildman–Crippen LogP) is -1.32. The summed E-state index contributed by atoms with van der Waals surface area (Å²) in [6, 6.07) is 5.80. The Bertz CT molecular complexity index is 296. The lowest BCUT2D eigenvalue weighted by Crippen LogP contribution is -2.32. The molecule has 0 atom stereocenters. The van der Waals surface area contributed by atoms with E-state index in [1.54, 1.807) is 0 Å². The molecule has 13 heavy (non-hydrogen) atoms. The lowest BCUT2D eigenvalue weighted by Gasteiger charge is -1.99. The van der Waals surface area contributed by atoms with Crippen LogP contribution in [-0.4, -0.2) is 35.3 Å². The van der Waals surface area contributed by atoms with Crippen LogP contribution in [0.4, 0.5) is 0 Å². The fraction of sp³-hybridized carbons (Fsp3) is 0. The summed E-state index contributed by atoms with van der Waals surface area (Å²) in [6.07, 6.45) is 0. The first-order valence-corrected chi connectivity index (χ1v) is 3.64. The highest BCUT2D eigenvalue weighted by atomic mass is 16.4. The van der Waals surface area contributed by atoms with E-state index in [0.29, 0.717) is 5.46 Å². The van der Waals surface area contributed by atoms with Crippen molar-refractivity contribution in [2.75, 3.05) is 0 Å². The molecule has 1 radical (unpaired) electrons. The molecule has 0 spiro atoms. The van der Waals surface area contributed by atoms with Crippen molar-refractivity contribution in [3.63, 3.8) is 0 Å². The van der Waals surface area contributed by atoms with Crippen LogP contribution in [0.1, 0.15) is 10.4 Å². The van der Waals surface area contributed by atoms with E-state index in [1.807, 2.05) is 0 Å². The van der Waals surface area contributed by atoms with Gasteiger partial charge in [-0.05, 0) is 12.1 Å². The molecule has 1 aromatic rings. The van der Waals surface area contributed by atoms with Crippen molar-refractivity contribution in [1.29, 1.82) is 0 Å². The van der Waals surface area contributed by atoms with E-state index >= 15 is 0 Å². The molecule has 0 unspecified atom stereocenters. The van der Waals surface area contributed by atoms with Gasteiger partial charge in [0.05, 0.1) is 5.56 Å². The summed E-state index contributed by atoms with van der Waals surface area (Å²) >= 11 is 0. The van der Waals surface area contributed by atoms with E-state index in [0.717, 1.165) is 0 Å². The van der Waals surface area contributed by atoms with Crippen LogP contribution in [0.2, 0.25) is 0 Å². The first kappa shape index (κ1) is 9.83. The van der Waals surface area contributed by atoms with E-state index in [-0.39, 0.29) is 5.56 Å². The Morgan fingerprint density at radius 2 is 1.77 bits per heavy atom. The number of carboxylic acids is 1. The minimum Gasteiger partial charge on any atom is -0.478 e. The molecule has 0 aromatic heterocycles. The normalized spacial score (nSPS) is 9.38. The molecule has 0 saturated carbocycles. The summed E-state index contributed by atoms with van der Waals surface area (Å²) < 4.78 is 0. The monoisotopic (exact) mass is 177 g/mol. The summed E-state index contributed by atoms with van der Waals surface area (Å²) in [6.45, 7) is 0. The lowest BCUT2D eigenvalue weighted by atomic mass is 9.41. The molecule has 4 nitrogen and oxygen atoms in total. The van der Waals surface area contributed by atoms with E-state index in [9.17, 15) is 4.79 Å². The van der Waals surface area contributed by atoms with Crippen LogP contribution in [0.3, 0.4) is 0 Å². The lowest BCUT2D eigenvalue weighted by molar-refractivity contribution is 0.0697. The molecule has 0 fully saturated rings. The third kappa shape index (κ3) is 2.93. The van der Waals surface area contributed by atoms with E-state index < -0.39 is 13.0 Å². The first-order valence-electron chi connectivity index (χ1n) is 3.64. The number of hydrogen-bond donors (Lipinski definition) is 3. The second-order valence-corrected chi connectivity index (χ2v) is 2.51. The van der Waals surface area contributed by atoms with Crippen LogP contribution in [0.25, 0.3) is 0 Å². The summed E-state index contributed by atoms with van der Waals surface area (Å²) in [5.74, 6) is -1.00. The molecule has 0 aliphatic heterocycles. The minimum absolute atomic E-state index is 0.171. The van der Waals surface area contributed by atoms with Crippen molar-refractivity contribution in [2.24, 2.45) is 0 Å².